The van der Waals surface area contributed by atoms with Gasteiger partial charge in [-0.3, -0.25) is 37.3 Å². The smallest absolute Gasteiger partial charge is 0.462 e. The first-order valence-electron chi connectivity index (χ1n) is 38.7. The van der Waals surface area contributed by atoms with E-state index in [1.165, 1.54) is 25.7 Å². The Morgan fingerprint density at radius 3 is 0.882 bits per heavy atom. The fourth-order valence-electron chi connectivity index (χ4n) is 9.70. The Kier molecular flexibility index (Phi) is 70.1. The zero-order chi connectivity index (χ0) is 74.6. The first-order chi connectivity index (χ1) is 49.7. The molecule has 0 aliphatic heterocycles. The van der Waals surface area contributed by atoms with Crippen LogP contribution >= 0.6 is 15.6 Å². The number of hydrogen-bond acceptors (Lipinski definition) is 15. The number of allylic oxidation sites excluding steroid dienone is 25. The highest BCUT2D eigenvalue weighted by molar-refractivity contribution is 7.47. The van der Waals surface area contributed by atoms with Gasteiger partial charge in [0.15, 0.2) is 12.2 Å². The minimum absolute atomic E-state index is 0.0509. The molecule has 0 radical (unpaired) electrons. The third-order valence-electron chi connectivity index (χ3n) is 15.5. The van der Waals surface area contributed by atoms with Crippen LogP contribution < -0.4 is 0 Å². The summed E-state index contributed by atoms with van der Waals surface area (Å²) in [7, 11) is -10.00. The van der Waals surface area contributed by atoms with Crippen LogP contribution in [-0.4, -0.2) is 96.7 Å². The summed E-state index contributed by atoms with van der Waals surface area (Å²) in [6, 6.07) is 0. The van der Waals surface area contributed by atoms with Crippen molar-refractivity contribution in [2.75, 3.05) is 39.6 Å². The second kappa shape index (κ2) is 74.0. The molecule has 0 heterocycles. The van der Waals surface area contributed by atoms with Crippen LogP contribution in [0.4, 0.5) is 0 Å². The third kappa shape index (κ3) is 73.0. The lowest BCUT2D eigenvalue weighted by atomic mass is 10.1. The highest BCUT2D eigenvalue weighted by Gasteiger charge is 2.30. The van der Waals surface area contributed by atoms with Crippen molar-refractivity contribution < 1.29 is 80.2 Å². The molecule has 0 aliphatic carbocycles. The highest BCUT2D eigenvalue weighted by Crippen LogP contribution is 2.45. The molecule has 0 amide bonds. The van der Waals surface area contributed by atoms with Crippen molar-refractivity contribution in [1.82, 2.24) is 0 Å². The molecule has 0 spiro atoms. The molecule has 580 valence electrons. The predicted octanol–water partition coefficient (Wildman–Crippen LogP) is 22.4. The maximum atomic E-state index is 13.1. The number of phosphoric ester groups is 2. The van der Waals surface area contributed by atoms with E-state index >= 15 is 0 Å². The Bertz CT molecular complexity index is 2550. The Labute approximate surface area is 617 Å². The molecule has 0 aromatic rings. The predicted molar refractivity (Wildman–Crippen MR) is 417 cm³/mol. The van der Waals surface area contributed by atoms with E-state index in [4.69, 9.17) is 37.0 Å². The number of ether oxygens (including phenoxy) is 4. The molecule has 5 atom stereocenters. The minimum atomic E-state index is -5.01. The molecule has 0 rings (SSSR count). The topological polar surface area (TPSA) is 237 Å². The number of aliphatic hydroxyl groups is 1. The van der Waals surface area contributed by atoms with Crippen LogP contribution in [0.2, 0.25) is 0 Å². The lowest BCUT2D eigenvalue weighted by Crippen LogP contribution is -2.30. The molecule has 102 heavy (non-hydrogen) atoms. The molecule has 0 bridgehead atoms. The molecule has 0 saturated carbocycles. The molecular weight excluding hydrogens is 1330 g/mol. The summed E-state index contributed by atoms with van der Waals surface area (Å²) in [4.78, 5) is 72.9. The van der Waals surface area contributed by atoms with E-state index in [0.29, 0.717) is 25.7 Å². The van der Waals surface area contributed by atoms with Crippen LogP contribution in [0.25, 0.3) is 0 Å². The quantitative estimate of drug-likeness (QED) is 0.0169. The van der Waals surface area contributed by atoms with Gasteiger partial charge in [-0.15, -0.1) is 0 Å². The molecule has 3 N–H and O–H groups in total. The Morgan fingerprint density at radius 1 is 0.294 bits per heavy atom. The summed E-state index contributed by atoms with van der Waals surface area (Å²) in [5.41, 5.74) is 0. The van der Waals surface area contributed by atoms with Gasteiger partial charge in [0.05, 0.1) is 32.8 Å². The van der Waals surface area contributed by atoms with E-state index in [1.54, 1.807) is 6.08 Å². The van der Waals surface area contributed by atoms with Gasteiger partial charge in [0, 0.05) is 19.3 Å². The fraction of sp³-hybridized carbons (Fsp3) is 0.639. The second-order valence-electron chi connectivity index (χ2n) is 25.2. The van der Waals surface area contributed by atoms with Crippen molar-refractivity contribution in [3.05, 3.63) is 158 Å². The van der Waals surface area contributed by atoms with Crippen molar-refractivity contribution >= 4 is 39.5 Å². The van der Waals surface area contributed by atoms with Crippen LogP contribution in [0.3, 0.4) is 0 Å². The molecule has 0 aromatic heterocycles. The van der Waals surface area contributed by atoms with E-state index < -0.39 is 97.5 Å². The summed E-state index contributed by atoms with van der Waals surface area (Å²) in [5, 5.41) is 10.6. The maximum Gasteiger partial charge on any atom is 0.472 e. The molecule has 0 aromatic carbocycles. The molecule has 19 heteroatoms. The van der Waals surface area contributed by atoms with E-state index in [1.807, 2.05) is 18.2 Å². The number of carbonyl (C=O) groups is 4. The number of rotatable bonds is 71. The van der Waals surface area contributed by atoms with Gasteiger partial charge in [0.2, 0.25) is 0 Å². The van der Waals surface area contributed by atoms with Crippen molar-refractivity contribution in [2.24, 2.45) is 0 Å². The van der Waals surface area contributed by atoms with Crippen molar-refractivity contribution in [3.8, 4) is 0 Å². The van der Waals surface area contributed by atoms with Gasteiger partial charge in [0.25, 0.3) is 0 Å². The van der Waals surface area contributed by atoms with Gasteiger partial charge < -0.3 is 33.8 Å². The van der Waals surface area contributed by atoms with Gasteiger partial charge in [-0.1, -0.05) is 269 Å². The number of carbonyl (C=O) groups excluding carboxylic acids is 4. The summed E-state index contributed by atoms with van der Waals surface area (Å²) >= 11 is 0. The molecular formula is C83H136O17P2. The van der Waals surface area contributed by atoms with Crippen LogP contribution in [0.1, 0.15) is 285 Å². The average Bonchev–Trinajstić information content (AvgIpc) is 0.919. The SMILES string of the molecule is CC/C=C\C/C=C\C/C=C\C/C=C\C/C=C\CC(=O)OCC(COP(=O)(O)OCC(O)COP(=O)(O)OCC(COC(=O)CCCCCCCC/C=C\C/C=C\C/C=C\C/C=C\CC)OC(=O)CCCCCCC/C=C\CCCCCC)OC(=O)CCCCCCC/C=C\C/C=C\C/C=C\CC. The molecule has 0 aliphatic rings. The first-order valence-corrected chi connectivity index (χ1v) is 41.7. The largest absolute Gasteiger partial charge is 0.472 e. The molecule has 17 nitrogen and oxygen atoms in total. The van der Waals surface area contributed by atoms with E-state index in [2.05, 4.69) is 161 Å². The second-order valence-corrected chi connectivity index (χ2v) is 28.1. The maximum absolute atomic E-state index is 13.1. The Hall–Kier alpha value is -5.32. The number of aliphatic hydroxyl groups excluding tert-OH is 1. The normalized spacial score (nSPS) is 14.8. The lowest BCUT2D eigenvalue weighted by Gasteiger charge is -2.21. The van der Waals surface area contributed by atoms with E-state index in [0.717, 1.165) is 180 Å². The molecule has 0 fully saturated rings. The van der Waals surface area contributed by atoms with Crippen molar-refractivity contribution in [3.63, 3.8) is 0 Å². The molecule has 5 unspecified atom stereocenters. The van der Waals surface area contributed by atoms with Gasteiger partial charge in [-0.05, 0) is 148 Å². The van der Waals surface area contributed by atoms with E-state index in [9.17, 15) is 43.2 Å². The van der Waals surface area contributed by atoms with Gasteiger partial charge >= 0.3 is 39.5 Å². The van der Waals surface area contributed by atoms with Crippen LogP contribution in [-0.2, 0) is 65.4 Å². The zero-order valence-electron chi connectivity index (χ0n) is 63.2. The summed E-state index contributed by atoms with van der Waals surface area (Å²) in [5.74, 6) is -2.38. The van der Waals surface area contributed by atoms with Crippen molar-refractivity contribution in [2.45, 2.75) is 303 Å². The summed E-state index contributed by atoms with van der Waals surface area (Å²) in [6.45, 7) is 4.34. The van der Waals surface area contributed by atoms with Crippen molar-refractivity contribution in [1.29, 1.82) is 0 Å². The van der Waals surface area contributed by atoms with Gasteiger partial charge in [0.1, 0.15) is 19.3 Å². The zero-order valence-corrected chi connectivity index (χ0v) is 65.0. The monoisotopic (exact) mass is 1470 g/mol. The highest BCUT2D eigenvalue weighted by atomic mass is 31.2. The summed E-state index contributed by atoms with van der Waals surface area (Å²) in [6.07, 6.45) is 85.5. The van der Waals surface area contributed by atoms with Gasteiger partial charge in [-0.25, -0.2) is 9.13 Å². The number of phosphoric acid groups is 2. The lowest BCUT2D eigenvalue weighted by molar-refractivity contribution is -0.161. The van der Waals surface area contributed by atoms with Crippen LogP contribution in [0.15, 0.2) is 158 Å². The van der Waals surface area contributed by atoms with Crippen LogP contribution in [0.5, 0.6) is 0 Å². The fourth-order valence-corrected chi connectivity index (χ4v) is 11.3. The summed E-state index contributed by atoms with van der Waals surface area (Å²) < 4.78 is 68.4. The average molecular weight is 1470 g/mol. The first kappa shape index (κ1) is 96.7. The minimum Gasteiger partial charge on any atom is -0.462 e. The van der Waals surface area contributed by atoms with Crippen LogP contribution in [0, 0.1) is 0 Å². The standard InChI is InChI=1S/C83H136O17P2/c1-5-9-13-17-21-25-29-33-36-37-38-39-42-45-48-52-56-60-64-68-81(86)94-73-78(99-82(87)69-65-61-57-53-49-43-32-28-24-20-16-12-8-4)75-97-101(89,90)95-71-77(84)72-96-102(91,92)98-76-79(100-83(88)70-66-62-58-54-50-46-41-35-31-27-23-19-15-11-7-3)74-93-80(85)67-63-59-55-51-47-44-40-34-30-26-22-18-14-10-6-2/h9-11,13-15,21-23,25-28,32-36,38-41,47,51,59,63,77-79,84H,5-8,12,16-20,24,29-31,37,42-46,48-50,52-58,60-62,64-76H2,1-4H3,(H,89,90)(H,91,92)/b13-9-,14-10-,15-11-,25-21-,26-22-,27-23-,32-28-,36-33-,39-38-,40-34-,41-35-,51-47-,63-59-. The van der Waals surface area contributed by atoms with E-state index in [-0.39, 0.29) is 25.7 Å². The number of unbranched alkanes of at least 4 members (excludes halogenated alkanes) is 20. The Morgan fingerprint density at radius 2 is 0.549 bits per heavy atom. The number of hydrogen-bond donors (Lipinski definition) is 3. The molecule has 0 saturated heterocycles. The number of esters is 4. The third-order valence-corrected chi connectivity index (χ3v) is 17.4. The van der Waals surface area contributed by atoms with Gasteiger partial charge in [-0.2, -0.15) is 0 Å². The Balaban J connectivity index is 5.44.